The van der Waals surface area contributed by atoms with E-state index in [1.54, 1.807) is 32.7 Å². The quantitative estimate of drug-likeness (QED) is 0.132. The standard InChI is InChI=1S/C37H42F9N3O4/c1-8-48(7)11-10-22-18-49(29(50)16-25(22)36(41,42)43)28(12-19(3)4)35(52)47-27(17-30(51)53-9-2)32-33(39)24(15-26(34(32)40)37(44,45)46)31-20(5)13-23(38)14-21(31)6/h13-16,18-19,27-28H,8-12,17H2,1-7H3,(H,47,52)/t27-,28?/m0/s1. The zero-order valence-electron chi connectivity index (χ0n) is 30.3. The predicted octanol–water partition coefficient (Wildman–Crippen LogP) is 8.48. The fourth-order valence-electron chi connectivity index (χ4n) is 6.13. The maximum absolute atomic E-state index is 16.6. The number of carbonyl (C=O) groups is 2. The van der Waals surface area contributed by atoms with E-state index in [0.717, 1.165) is 22.9 Å². The van der Waals surface area contributed by atoms with Gasteiger partial charge in [0.25, 0.3) is 5.56 Å². The summed E-state index contributed by atoms with van der Waals surface area (Å²) in [5.74, 6) is -7.34. The second-order valence-electron chi connectivity index (χ2n) is 13.2. The van der Waals surface area contributed by atoms with E-state index in [4.69, 9.17) is 4.74 Å². The monoisotopic (exact) mass is 763 g/mol. The molecule has 1 amide bonds. The molecule has 0 aliphatic heterocycles. The van der Waals surface area contributed by atoms with E-state index in [1.165, 1.54) is 20.8 Å². The third kappa shape index (κ3) is 10.4. The van der Waals surface area contributed by atoms with Gasteiger partial charge in [0.2, 0.25) is 5.91 Å². The number of likely N-dealkylation sites (N-methyl/N-ethyl adjacent to an activating group) is 1. The highest BCUT2D eigenvalue weighted by Crippen LogP contribution is 2.42. The minimum Gasteiger partial charge on any atom is -0.466 e. The Labute approximate surface area is 301 Å². The van der Waals surface area contributed by atoms with Gasteiger partial charge in [-0.3, -0.25) is 14.4 Å². The van der Waals surface area contributed by atoms with Crippen molar-refractivity contribution in [2.75, 3.05) is 26.7 Å². The van der Waals surface area contributed by atoms with Crippen molar-refractivity contribution in [1.29, 1.82) is 0 Å². The molecule has 3 aromatic rings. The fraction of sp³-hybridized carbons (Fsp3) is 0.486. The van der Waals surface area contributed by atoms with Crippen LogP contribution in [0.15, 0.2) is 35.3 Å². The lowest BCUT2D eigenvalue weighted by Gasteiger charge is -2.28. The normalized spacial score (nSPS) is 13.4. The number of rotatable bonds is 14. The molecule has 1 unspecified atom stereocenters. The van der Waals surface area contributed by atoms with Crippen molar-refractivity contribution in [3.8, 4) is 11.1 Å². The molecule has 0 bridgehead atoms. The summed E-state index contributed by atoms with van der Waals surface area (Å²) in [5.41, 5.74) is -7.12. The molecule has 3 rings (SSSR count). The Morgan fingerprint density at radius 3 is 2.00 bits per heavy atom. The maximum atomic E-state index is 16.6. The number of nitrogens with zero attached hydrogens (tertiary/aromatic N) is 2. The van der Waals surface area contributed by atoms with Gasteiger partial charge in [0.15, 0.2) is 0 Å². The van der Waals surface area contributed by atoms with E-state index in [9.17, 15) is 45.1 Å². The number of esters is 1. The van der Waals surface area contributed by atoms with Crippen LogP contribution >= 0.6 is 0 Å². The molecule has 53 heavy (non-hydrogen) atoms. The first kappa shape index (κ1) is 43.1. The summed E-state index contributed by atoms with van der Waals surface area (Å²) in [5, 5.41) is 2.22. The summed E-state index contributed by atoms with van der Waals surface area (Å²) in [7, 11) is 1.66. The summed E-state index contributed by atoms with van der Waals surface area (Å²) in [4.78, 5) is 41.8. The van der Waals surface area contributed by atoms with E-state index in [0.29, 0.717) is 12.6 Å². The molecule has 0 saturated heterocycles. The molecule has 1 heterocycles. The van der Waals surface area contributed by atoms with Gasteiger partial charge in [0, 0.05) is 29.9 Å². The second kappa shape index (κ2) is 17.2. The van der Waals surface area contributed by atoms with Crippen LogP contribution in [-0.4, -0.2) is 48.1 Å². The predicted molar refractivity (Wildman–Crippen MR) is 179 cm³/mol. The van der Waals surface area contributed by atoms with Gasteiger partial charge >= 0.3 is 18.3 Å². The Kier molecular flexibility index (Phi) is 14.0. The number of carbonyl (C=O) groups excluding carboxylic acids is 2. The number of aromatic nitrogens is 1. The first-order chi connectivity index (χ1) is 24.5. The van der Waals surface area contributed by atoms with Crippen molar-refractivity contribution in [1.82, 2.24) is 14.8 Å². The molecule has 2 aromatic carbocycles. The Morgan fingerprint density at radius 2 is 1.49 bits per heavy atom. The maximum Gasteiger partial charge on any atom is 0.419 e. The third-order valence-electron chi connectivity index (χ3n) is 8.75. The average Bonchev–Trinajstić information content (AvgIpc) is 3.02. The number of ether oxygens (including phenoxy) is 1. The number of hydrogen-bond donors (Lipinski definition) is 1. The van der Waals surface area contributed by atoms with Crippen molar-refractivity contribution in [2.24, 2.45) is 5.92 Å². The van der Waals surface area contributed by atoms with Gasteiger partial charge in [-0.1, -0.05) is 20.8 Å². The largest absolute Gasteiger partial charge is 0.466 e. The average molecular weight is 764 g/mol. The van der Waals surface area contributed by atoms with Gasteiger partial charge in [-0.2, -0.15) is 26.3 Å². The van der Waals surface area contributed by atoms with Gasteiger partial charge in [0.1, 0.15) is 23.5 Å². The minimum atomic E-state index is -5.42. The van der Waals surface area contributed by atoms with E-state index in [2.05, 4.69) is 5.32 Å². The number of alkyl halides is 6. The molecule has 16 heteroatoms. The van der Waals surface area contributed by atoms with Crippen LogP contribution in [0.3, 0.4) is 0 Å². The van der Waals surface area contributed by atoms with E-state index in [-0.39, 0.29) is 54.3 Å². The Morgan fingerprint density at radius 1 is 0.906 bits per heavy atom. The van der Waals surface area contributed by atoms with E-state index in [1.807, 2.05) is 0 Å². The molecule has 0 aliphatic rings. The van der Waals surface area contributed by atoms with Crippen LogP contribution in [0.5, 0.6) is 0 Å². The molecule has 0 aliphatic carbocycles. The Bertz CT molecular complexity index is 1850. The van der Waals surface area contributed by atoms with Gasteiger partial charge < -0.3 is 19.5 Å². The molecule has 7 nitrogen and oxygen atoms in total. The van der Waals surface area contributed by atoms with E-state index < -0.39 is 93.9 Å². The van der Waals surface area contributed by atoms with Crippen LogP contribution in [-0.2, 0) is 33.1 Å². The number of benzene rings is 2. The first-order valence-electron chi connectivity index (χ1n) is 16.8. The second-order valence-corrected chi connectivity index (χ2v) is 13.2. The van der Waals surface area contributed by atoms with Crippen molar-refractivity contribution < 1.29 is 53.8 Å². The number of halogens is 9. The number of nitrogens with one attached hydrogen (secondary N) is 1. The van der Waals surface area contributed by atoms with E-state index >= 15 is 8.78 Å². The van der Waals surface area contributed by atoms with Gasteiger partial charge in [-0.15, -0.1) is 0 Å². The fourth-order valence-corrected chi connectivity index (χ4v) is 6.13. The molecule has 0 fully saturated rings. The third-order valence-corrected chi connectivity index (χ3v) is 8.75. The van der Waals surface area contributed by atoms with Crippen molar-refractivity contribution in [3.05, 3.63) is 91.6 Å². The van der Waals surface area contributed by atoms with Crippen molar-refractivity contribution >= 4 is 11.9 Å². The molecular weight excluding hydrogens is 721 g/mol. The number of amides is 1. The Balaban J connectivity index is 2.32. The SMILES string of the molecule is CCOC(=O)C[C@H](NC(=O)C(CC(C)C)n1cc(CCN(C)CC)c(C(F)(F)F)cc1=O)c1c(F)c(-c2c(C)cc(F)cc2C)cc(C(F)(F)F)c1F. The number of pyridine rings is 1. The summed E-state index contributed by atoms with van der Waals surface area (Å²) in [6, 6.07) is -1.41. The Hall–Kier alpha value is -4.34. The smallest absolute Gasteiger partial charge is 0.419 e. The van der Waals surface area contributed by atoms with Gasteiger partial charge in [0.05, 0.1) is 30.2 Å². The minimum absolute atomic E-state index is 0.00216. The summed E-state index contributed by atoms with van der Waals surface area (Å²) in [6.07, 6.45) is -11.0. The molecule has 2 atom stereocenters. The van der Waals surface area contributed by atoms with Crippen LogP contribution in [0.2, 0.25) is 0 Å². The lowest BCUT2D eigenvalue weighted by Crippen LogP contribution is -2.41. The zero-order chi connectivity index (χ0) is 40.2. The molecule has 1 aromatic heterocycles. The van der Waals surface area contributed by atoms with Gasteiger partial charge in [-0.05, 0) is 93.6 Å². The topological polar surface area (TPSA) is 80.6 Å². The van der Waals surface area contributed by atoms with Gasteiger partial charge in [-0.25, -0.2) is 13.2 Å². The molecule has 1 N–H and O–H groups in total. The highest BCUT2D eigenvalue weighted by atomic mass is 19.4. The van der Waals surface area contributed by atoms with Crippen LogP contribution in [0.4, 0.5) is 39.5 Å². The summed E-state index contributed by atoms with van der Waals surface area (Å²) < 4.78 is 138. The number of hydrogen-bond acceptors (Lipinski definition) is 5. The lowest BCUT2D eigenvalue weighted by molar-refractivity contribution is -0.144. The van der Waals surface area contributed by atoms with Crippen LogP contribution in [0.25, 0.3) is 11.1 Å². The molecule has 292 valence electrons. The highest BCUT2D eigenvalue weighted by molar-refractivity contribution is 5.82. The molecular formula is C37H42F9N3O4. The van der Waals surface area contributed by atoms with Crippen molar-refractivity contribution in [3.63, 3.8) is 0 Å². The molecule has 0 saturated carbocycles. The summed E-state index contributed by atoms with van der Waals surface area (Å²) >= 11 is 0. The van der Waals surface area contributed by atoms with Crippen LogP contribution in [0.1, 0.15) is 86.0 Å². The highest BCUT2D eigenvalue weighted by Gasteiger charge is 2.41. The first-order valence-corrected chi connectivity index (χ1v) is 16.8. The lowest BCUT2D eigenvalue weighted by atomic mass is 9.89. The van der Waals surface area contributed by atoms with Crippen LogP contribution < -0.4 is 10.9 Å². The molecule has 0 spiro atoms. The number of aryl methyl sites for hydroxylation is 2. The van der Waals surface area contributed by atoms with Crippen LogP contribution in [0, 0.1) is 37.2 Å². The van der Waals surface area contributed by atoms with Crippen molar-refractivity contribution in [2.45, 2.75) is 85.2 Å². The molecule has 0 radical (unpaired) electrons. The summed E-state index contributed by atoms with van der Waals surface area (Å²) in [6.45, 7) is 9.39. The zero-order valence-corrected chi connectivity index (χ0v) is 30.3.